The van der Waals surface area contributed by atoms with E-state index in [-0.39, 0.29) is 28.9 Å². The first-order chi connectivity index (χ1) is 10.2. The van der Waals surface area contributed by atoms with E-state index in [0.717, 1.165) is 0 Å². The summed E-state index contributed by atoms with van der Waals surface area (Å²) in [5.74, 6) is -0.636. The maximum atomic E-state index is 12.8. The number of nitrogens with zero attached hydrogens (tertiary/aromatic N) is 1. The predicted molar refractivity (Wildman–Crippen MR) is 83.3 cm³/mol. The summed E-state index contributed by atoms with van der Waals surface area (Å²) in [6, 6.07) is 2.97. The first-order valence-electron chi connectivity index (χ1n) is 6.82. The molecule has 1 saturated heterocycles. The first-order valence-corrected chi connectivity index (χ1v) is 8.64. The Morgan fingerprint density at radius 3 is 2.55 bits per heavy atom. The Bertz CT molecular complexity index is 705. The molecule has 122 valence electrons. The minimum atomic E-state index is -3.73. The van der Waals surface area contributed by atoms with Crippen molar-refractivity contribution < 1.29 is 17.9 Å². The van der Waals surface area contributed by atoms with Crippen molar-refractivity contribution in [3.05, 3.63) is 22.7 Å². The van der Waals surface area contributed by atoms with Crippen LogP contribution in [0.25, 0.3) is 0 Å². The second-order valence-electron chi connectivity index (χ2n) is 5.56. The number of aryl methyl sites for hydroxylation is 1. The van der Waals surface area contributed by atoms with Crippen LogP contribution in [0.5, 0.6) is 5.75 Å². The number of rotatable bonds is 4. The largest absolute Gasteiger partial charge is 0.495 e. The third kappa shape index (κ3) is 2.93. The average Bonchev–Trinajstić information content (AvgIpc) is 2.83. The molecular formula is C14H19ClN2O4S. The number of amides is 1. The molecule has 1 fully saturated rings. The topological polar surface area (TPSA) is 89.7 Å². The molecule has 0 aromatic heterocycles. The van der Waals surface area contributed by atoms with Gasteiger partial charge in [-0.05, 0) is 30.5 Å². The van der Waals surface area contributed by atoms with Gasteiger partial charge in [0.05, 0.1) is 22.9 Å². The molecular weight excluding hydrogens is 328 g/mol. The van der Waals surface area contributed by atoms with E-state index >= 15 is 0 Å². The zero-order valence-electron chi connectivity index (χ0n) is 12.7. The van der Waals surface area contributed by atoms with Crippen molar-refractivity contribution in [3.8, 4) is 5.75 Å². The highest BCUT2D eigenvalue weighted by Crippen LogP contribution is 2.34. The average molecular weight is 347 g/mol. The van der Waals surface area contributed by atoms with Crippen molar-refractivity contribution in [1.29, 1.82) is 0 Å². The van der Waals surface area contributed by atoms with Gasteiger partial charge >= 0.3 is 0 Å². The Labute approximate surface area is 135 Å². The summed E-state index contributed by atoms with van der Waals surface area (Å²) in [5.41, 5.74) is 5.86. The fraction of sp³-hybridized carbons (Fsp3) is 0.500. The Balaban J connectivity index is 2.40. The SMILES string of the molecule is COc1cc(C)c(S(=O)(=O)N2C[C@@H](C)[C@H](C(N)=O)C2)cc1Cl. The molecule has 1 aromatic carbocycles. The number of hydrogen-bond acceptors (Lipinski definition) is 4. The predicted octanol–water partition coefficient (Wildman–Crippen LogP) is 1.40. The summed E-state index contributed by atoms with van der Waals surface area (Å²) in [6.45, 7) is 3.86. The van der Waals surface area contributed by atoms with Crippen LogP contribution in [-0.2, 0) is 14.8 Å². The molecule has 0 radical (unpaired) electrons. The quantitative estimate of drug-likeness (QED) is 0.892. The van der Waals surface area contributed by atoms with Gasteiger partial charge in [-0.3, -0.25) is 4.79 Å². The highest BCUT2D eigenvalue weighted by molar-refractivity contribution is 7.89. The van der Waals surface area contributed by atoms with E-state index in [0.29, 0.717) is 11.3 Å². The van der Waals surface area contributed by atoms with Crippen molar-refractivity contribution in [2.24, 2.45) is 17.6 Å². The highest BCUT2D eigenvalue weighted by Gasteiger charge is 2.40. The molecule has 2 rings (SSSR count). The number of nitrogens with two attached hydrogens (primary N) is 1. The van der Waals surface area contributed by atoms with E-state index < -0.39 is 21.8 Å². The van der Waals surface area contributed by atoms with Gasteiger partial charge in [0.1, 0.15) is 5.75 Å². The Morgan fingerprint density at radius 2 is 2.05 bits per heavy atom. The molecule has 0 saturated carbocycles. The molecule has 1 heterocycles. The molecule has 1 aliphatic heterocycles. The minimum absolute atomic E-state index is 0.0991. The van der Waals surface area contributed by atoms with Gasteiger partial charge in [0.15, 0.2) is 0 Å². The molecule has 6 nitrogen and oxygen atoms in total. The maximum absolute atomic E-state index is 12.8. The lowest BCUT2D eigenvalue weighted by molar-refractivity contribution is -0.122. The monoisotopic (exact) mass is 346 g/mol. The van der Waals surface area contributed by atoms with E-state index in [1.54, 1.807) is 13.0 Å². The van der Waals surface area contributed by atoms with E-state index in [1.165, 1.54) is 17.5 Å². The lowest BCUT2D eigenvalue weighted by atomic mass is 9.98. The van der Waals surface area contributed by atoms with Gasteiger partial charge in [0.2, 0.25) is 15.9 Å². The molecule has 2 N–H and O–H groups in total. The second kappa shape index (κ2) is 6.06. The summed E-state index contributed by atoms with van der Waals surface area (Å²) in [6.07, 6.45) is 0. The lowest BCUT2D eigenvalue weighted by Crippen LogP contribution is -2.32. The molecule has 0 aliphatic carbocycles. The van der Waals surface area contributed by atoms with Crippen LogP contribution in [0.2, 0.25) is 5.02 Å². The fourth-order valence-electron chi connectivity index (χ4n) is 2.70. The third-order valence-electron chi connectivity index (χ3n) is 4.01. The van der Waals surface area contributed by atoms with Crippen molar-refractivity contribution in [1.82, 2.24) is 4.31 Å². The number of sulfonamides is 1. The number of carbonyl (C=O) groups is 1. The molecule has 0 spiro atoms. The van der Waals surface area contributed by atoms with Gasteiger partial charge in [0.25, 0.3) is 0 Å². The fourth-order valence-corrected chi connectivity index (χ4v) is 4.80. The minimum Gasteiger partial charge on any atom is -0.495 e. The Kier molecular flexibility index (Phi) is 4.70. The molecule has 2 atom stereocenters. The summed E-state index contributed by atoms with van der Waals surface area (Å²) in [7, 11) is -2.26. The zero-order valence-corrected chi connectivity index (χ0v) is 14.2. The van der Waals surface area contributed by atoms with Gasteiger partial charge in [-0.1, -0.05) is 18.5 Å². The zero-order chi connectivity index (χ0) is 16.7. The number of primary amides is 1. The van der Waals surface area contributed by atoms with Crippen LogP contribution in [0.4, 0.5) is 0 Å². The summed E-state index contributed by atoms with van der Waals surface area (Å²) < 4.78 is 32.0. The highest BCUT2D eigenvalue weighted by atomic mass is 35.5. The van der Waals surface area contributed by atoms with Crippen molar-refractivity contribution in [3.63, 3.8) is 0 Å². The van der Waals surface area contributed by atoms with Gasteiger partial charge in [-0.25, -0.2) is 8.42 Å². The third-order valence-corrected chi connectivity index (χ3v) is 6.28. The van der Waals surface area contributed by atoms with Gasteiger partial charge in [0, 0.05) is 13.1 Å². The summed E-state index contributed by atoms with van der Waals surface area (Å²) >= 11 is 6.04. The summed E-state index contributed by atoms with van der Waals surface area (Å²) in [5, 5.41) is 0.227. The molecule has 0 unspecified atom stereocenters. The normalized spacial score (nSPS) is 22.7. The smallest absolute Gasteiger partial charge is 0.243 e. The molecule has 1 amide bonds. The van der Waals surface area contributed by atoms with E-state index in [9.17, 15) is 13.2 Å². The van der Waals surface area contributed by atoms with Crippen LogP contribution >= 0.6 is 11.6 Å². The van der Waals surface area contributed by atoms with E-state index in [1.807, 2.05) is 6.92 Å². The number of methoxy groups -OCH3 is 1. The Hall–Kier alpha value is -1.31. The van der Waals surface area contributed by atoms with E-state index in [4.69, 9.17) is 22.1 Å². The first kappa shape index (κ1) is 17.1. The number of ether oxygens (including phenoxy) is 1. The van der Waals surface area contributed by atoms with Crippen LogP contribution in [0.15, 0.2) is 17.0 Å². The van der Waals surface area contributed by atoms with E-state index in [2.05, 4.69) is 0 Å². The van der Waals surface area contributed by atoms with Crippen molar-refractivity contribution in [2.75, 3.05) is 20.2 Å². The number of carbonyl (C=O) groups excluding carboxylic acids is 1. The van der Waals surface area contributed by atoms with Crippen LogP contribution in [-0.4, -0.2) is 38.8 Å². The van der Waals surface area contributed by atoms with Gasteiger partial charge in [-0.2, -0.15) is 4.31 Å². The standard InChI is InChI=1S/C14H19ClN2O4S/c1-8-4-12(21-3)11(15)5-13(8)22(19,20)17-6-9(2)10(7-17)14(16)18/h4-5,9-10H,6-7H2,1-3H3,(H2,16,18)/t9-,10-/m1/s1. The summed E-state index contributed by atoms with van der Waals surface area (Å²) in [4.78, 5) is 11.5. The van der Waals surface area contributed by atoms with Crippen LogP contribution < -0.4 is 10.5 Å². The number of benzene rings is 1. The molecule has 1 aromatic rings. The lowest BCUT2D eigenvalue weighted by Gasteiger charge is -2.18. The maximum Gasteiger partial charge on any atom is 0.243 e. The van der Waals surface area contributed by atoms with Crippen molar-refractivity contribution in [2.45, 2.75) is 18.7 Å². The second-order valence-corrected chi connectivity index (χ2v) is 7.87. The van der Waals surface area contributed by atoms with Crippen LogP contribution in [0.1, 0.15) is 12.5 Å². The molecule has 22 heavy (non-hydrogen) atoms. The van der Waals surface area contributed by atoms with Gasteiger partial charge < -0.3 is 10.5 Å². The van der Waals surface area contributed by atoms with Gasteiger partial charge in [-0.15, -0.1) is 0 Å². The molecule has 1 aliphatic rings. The van der Waals surface area contributed by atoms with Crippen molar-refractivity contribution >= 4 is 27.5 Å². The Morgan fingerprint density at radius 1 is 1.41 bits per heavy atom. The molecule has 0 bridgehead atoms. The van der Waals surface area contributed by atoms with Crippen LogP contribution in [0, 0.1) is 18.8 Å². The molecule has 8 heteroatoms. The van der Waals surface area contributed by atoms with Crippen LogP contribution in [0.3, 0.4) is 0 Å². The number of halogens is 1. The number of hydrogen-bond donors (Lipinski definition) is 1.